The molecule has 30 heavy (non-hydrogen) atoms. The Morgan fingerprint density at radius 3 is 1.70 bits per heavy atom. The van der Waals surface area contributed by atoms with Crippen molar-refractivity contribution in [2.45, 2.75) is 65.2 Å². The van der Waals surface area contributed by atoms with Crippen LogP contribution in [0.3, 0.4) is 0 Å². The summed E-state index contributed by atoms with van der Waals surface area (Å²) in [5.41, 5.74) is 1.66. The number of esters is 2. The number of hydrogen-bond acceptors (Lipinski definition) is 4. The maximum Gasteiger partial charge on any atom is 0.346 e. The number of ether oxygens (including phenoxy) is 2. The summed E-state index contributed by atoms with van der Waals surface area (Å²) in [6.07, 6.45) is 12.3. The molecule has 0 saturated carbocycles. The molecule has 0 N–H and O–H groups in total. The Hall–Kier alpha value is -1.75. The molecule has 4 nitrogen and oxygen atoms in total. The van der Waals surface area contributed by atoms with Crippen LogP contribution in [0.25, 0.3) is 5.57 Å². The van der Waals surface area contributed by atoms with Gasteiger partial charge < -0.3 is 9.47 Å². The van der Waals surface area contributed by atoms with Crippen molar-refractivity contribution in [3.63, 3.8) is 0 Å². The molecular formula is C25H39O4S+. The third-order valence-corrected chi connectivity index (χ3v) is 5.59. The van der Waals surface area contributed by atoms with Gasteiger partial charge in [0, 0.05) is 5.57 Å². The summed E-state index contributed by atoms with van der Waals surface area (Å²) in [6, 6.07) is 9.64. The van der Waals surface area contributed by atoms with E-state index in [9.17, 15) is 9.59 Å². The average Bonchev–Trinajstić information content (AvgIpc) is 2.73. The van der Waals surface area contributed by atoms with E-state index >= 15 is 0 Å². The highest BCUT2D eigenvalue weighted by Gasteiger charge is 2.29. The van der Waals surface area contributed by atoms with Gasteiger partial charge in [-0.25, -0.2) is 9.59 Å². The van der Waals surface area contributed by atoms with E-state index in [2.05, 4.69) is 26.4 Å². The van der Waals surface area contributed by atoms with Crippen LogP contribution in [0.15, 0.2) is 35.9 Å². The molecule has 0 aromatic heterocycles. The molecule has 0 bridgehead atoms. The Labute approximate surface area is 185 Å². The van der Waals surface area contributed by atoms with E-state index in [-0.39, 0.29) is 16.5 Å². The highest BCUT2D eigenvalue weighted by Crippen LogP contribution is 2.23. The maximum absolute atomic E-state index is 13.0. The third-order valence-electron chi connectivity index (χ3n) is 4.73. The molecule has 0 fully saturated rings. The van der Waals surface area contributed by atoms with Gasteiger partial charge in [0.05, 0.1) is 25.7 Å². The van der Waals surface area contributed by atoms with Crippen LogP contribution >= 0.6 is 0 Å². The first-order valence-corrected chi connectivity index (χ1v) is 13.4. The minimum Gasteiger partial charge on any atom is -0.462 e. The summed E-state index contributed by atoms with van der Waals surface area (Å²) >= 11 is 0. The summed E-state index contributed by atoms with van der Waals surface area (Å²) in [5, 5.41) is 0. The Balaban J connectivity index is 3.06. The smallest absolute Gasteiger partial charge is 0.346 e. The molecule has 0 heterocycles. The fourth-order valence-corrected chi connectivity index (χ4v) is 3.98. The molecule has 0 unspecified atom stereocenters. The predicted molar refractivity (Wildman–Crippen MR) is 128 cm³/mol. The van der Waals surface area contributed by atoms with Gasteiger partial charge in [0.15, 0.2) is 5.57 Å². The molecule has 0 amide bonds. The molecule has 0 spiro atoms. The molecule has 0 aliphatic rings. The van der Waals surface area contributed by atoms with Crippen LogP contribution in [0.1, 0.15) is 70.8 Å². The van der Waals surface area contributed by atoms with Crippen molar-refractivity contribution in [3.05, 3.63) is 41.5 Å². The number of carbonyl (C=O) groups is 2. The zero-order valence-corrected chi connectivity index (χ0v) is 20.0. The normalized spacial score (nSPS) is 10.7. The number of rotatable bonds is 15. The Bertz CT molecular complexity index is 624. The van der Waals surface area contributed by atoms with Crippen LogP contribution in [-0.4, -0.2) is 43.4 Å². The van der Waals surface area contributed by atoms with Crippen molar-refractivity contribution in [3.8, 4) is 0 Å². The summed E-state index contributed by atoms with van der Waals surface area (Å²) < 4.78 is 11.0. The van der Waals surface area contributed by atoms with Gasteiger partial charge in [0.25, 0.3) is 0 Å². The Morgan fingerprint density at radius 2 is 1.27 bits per heavy atom. The lowest BCUT2D eigenvalue weighted by Gasteiger charge is -2.14. The lowest BCUT2D eigenvalue weighted by Crippen LogP contribution is -2.23. The first kappa shape index (κ1) is 26.3. The first-order chi connectivity index (χ1) is 14.5. The molecular weight excluding hydrogens is 396 g/mol. The Kier molecular flexibility index (Phi) is 14.0. The van der Waals surface area contributed by atoms with Gasteiger partial charge in [-0.3, -0.25) is 0 Å². The van der Waals surface area contributed by atoms with Gasteiger partial charge in [0.1, 0.15) is 5.75 Å². The van der Waals surface area contributed by atoms with Crippen LogP contribution in [0, 0.1) is 0 Å². The van der Waals surface area contributed by atoms with Crippen molar-refractivity contribution >= 4 is 28.4 Å². The van der Waals surface area contributed by atoms with Crippen molar-refractivity contribution in [1.82, 2.24) is 0 Å². The van der Waals surface area contributed by atoms with Gasteiger partial charge >= 0.3 is 11.9 Å². The topological polar surface area (TPSA) is 52.6 Å². The largest absolute Gasteiger partial charge is 0.462 e. The van der Waals surface area contributed by atoms with E-state index in [0.717, 1.165) is 62.5 Å². The highest BCUT2D eigenvalue weighted by molar-refractivity contribution is 7.95. The molecule has 0 radical (unpaired) electrons. The SMILES string of the molecule is CCCCCCOC(=O)C(C(=O)OCCCCCC)=C(C[S+](C)C)c1ccccc1. The van der Waals surface area contributed by atoms with Crippen LogP contribution in [0.2, 0.25) is 0 Å². The minimum atomic E-state index is -0.561. The van der Waals surface area contributed by atoms with Crippen molar-refractivity contribution in [1.29, 1.82) is 0 Å². The van der Waals surface area contributed by atoms with E-state index in [0.29, 0.717) is 19.0 Å². The van der Waals surface area contributed by atoms with E-state index < -0.39 is 11.9 Å². The van der Waals surface area contributed by atoms with Crippen LogP contribution in [0.4, 0.5) is 0 Å². The summed E-state index contributed by atoms with van der Waals surface area (Å²) in [4.78, 5) is 25.9. The van der Waals surface area contributed by atoms with Gasteiger partial charge in [-0.2, -0.15) is 0 Å². The molecule has 0 atom stereocenters. The molecule has 1 aromatic rings. The van der Waals surface area contributed by atoms with Crippen LogP contribution < -0.4 is 0 Å². The zero-order valence-electron chi connectivity index (χ0n) is 19.2. The molecule has 5 heteroatoms. The van der Waals surface area contributed by atoms with Crippen molar-refractivity contribution in [2.24, 2.45) is 0 Å². The quantitative estimate of drug-likeness (QED) is 0.0903. The monoisotopic (exact) mass is 435 g/mol. The first-order valence-electron chi connectivity index (χ1n) is 11.2. The second kappa shape index (κ2) is 16.0. The second-order valence-electron chi connectivity index (χ2n) is 7.74. The van der Waals surface area contributed by atoms with Gasteiger partial charge in [-0.15, -0.1) is 0 Å². The predicted octanol–water partition coefficient (Wildman–Crippen LogP) is 5.57. The van der Waals surface area contributed by atoms with E-state index in [4.69, 9.17) is 9.47 Å². The maximum atomic E-state index is 13.0. The second-order valence-corrected chi connectivity index (χ2v) is 10.0. The molecule has 1 rings (SSSR count). The molecule has 0 aliphatic heterocycles. The number of hydrogen-bond donors (Lipinski definition) is 0. The van der Waals surface area contributed by atoms with E-state index in [1.165, 1.54) is 0 Å². The van der Waals surface area contributed by atoms with Gasteiger partial charge in [0.2, 0.25) is 0 Å². The van der Waals surface area contributed by atoms with Crippen LogP contribution in [-0.2, 0) is 30.0 Å². The fraction of sp³-hybridized carbons (Fsp3) is 0.600. The summed E-state index contributed by atoms with van der Waals surface area (Å²) in [7, 11) is 0.00673. The lowest BCUT2D eigenvalue weighted by molar-refractivity contribution is -0.147. The highest BCUT2D eigenvalue weighted by atomic mass is 32.2. The fourth-order valence-electron chi connectivity index (χ4n) is 3.09. The Morgan fingerprint density at radius 1 is 0.767 bits per heavy atom. The number of carbonyl (C=O) groups excluding carboxylic acids is 2. The van der Waals surface area contributed by atoms with Gasteiger partial charge in [-0.1, -0.05) is 82.7 Å². The molecule has 168 valence electrons. The standard InChI is InChI=1S/C25H39O4S/c1-5-7-9-14-18-28-24(26)23(25(27)29-19-15-10-8-6-2)22(20-30(3)4)21-16-12-11-13-17-21/h11-13,16-17H,5-10,14-15,18-20H2,1-4H3/q+1. The van der Waals surface area contributed by atoms with Crippen molar-refractivity contribution < 1.29 is 19.1 Å². The van der Waals surface area contributed by atoms with Crippen LogP contribution in [0.5, 0.6) is 0 Å². The molecule has 0 saturated heterocycles. The summed E-state index contributed by atoms with van der Waals surface area (Å²) in [5.74, 6) is -0.487. The van der Waals surface area contributed by atoms with E-state index in [1.54, 1.807) is 0 Å². The number of unbranched alkanes of at least 4 members (excludes halogenated alkanes) is 6. The minimum absolute atomic E-state index is 0.00673. The van der Waals surface area contributed by atoms with E-state index in [1.807, 2.05) is 30.3 Å². The molecule has 0 aliphatic carbocycles. The van der Waals surface area contributed by atoms with Crippen molar-refractivity contribution in [2.75, 3.05) is 31.5 Å². The lowest BCUT2D eigenvalue weighted by atomic mass is 10.0. The average molecular weight is 436 g/mol. The van der Waals surface area contributed by atoms with Gasteiger partial charge in [-0.05, 0) is 29.3 Å². The number of benzene rings is 1. The third kappa shape index (κ3) is 10.3. The molecule has 1 aromatic carbocycles. The summed E-state index contributed by atoms with van der Waals surface area (Å²) in [6.45, 7) is 4.95. The zero-order chi connectivity index (χ0) is 22.2.